The predicted molar refractivity (Wildman–Crippen MR) is 125 cm³/mol. The monoisotopic (exact) mass is 561 g/mol. The van der Waals surface area contributed by atoms with Gasteiger partial charge in [-0.05, 0) is 43.3 Å². The Morgan fingerprint density at radius 2 is 1.87 bits per heavy atom. The minimum absolute atomic E-state index is 0.375. The summed E-state index contributed by atoms with van der Waals surface area (Å²) in [5.74, 6) is -8.71. The summed E-state index contributed by atoms with van der Waals surface area (Å²) >= 11 is 0. The molecule has 0 unspecified atom stereocenters. The van der Waals surface area contributed by atoms with E-state index in [1.54, 1.807) is 0 Å². The number of hydrogen-bond acceptors (Lipinski definition) is 4. The Bertz CT molecular complexity index is 1310. The van der Waals surface area contributed by atoms with Crippen LogP contribution in [-0.2, 0) is 15.8 Å². The van der Waals surface area contributed by atoms with E-state index < -0.39 is 90.2 Å². The number of anilines is 1. The van der Waals surface area contributed by atoms with Crippen molar-refractivity contribution in [3.63, 3.8) is 0 Å². The molecule has 1 heterocycles. The first kappa shape index (κ1) is 29.5. The maximum atomic E-state index is 15.2. The number of primary amides is 1. The second-order valence-electron chi connectivity index (χ2n) is 8.61. The van der Waals surface area contributed by atoms with Crippen LogP contribution in [-0.4, -0.2) is 49.5 Å². The summed E-state index contributed by atoms with van der Waals surface area (Å²) in [5.41, 5.74) is 0.512. The molecule has 2 aromatic carbocycles. The minimum Gasteiger partial charge on any atom is -0.491 e. The number of ether oxygens (including phenoxy) is 1. The van der Waals surface area contributed by atoms with Crippen LogP contribution >= 0.6 is 0 Å². The highest BCUT2D eigenvalue weighted by molar-refractivity contribution is 6.10. The third-order valence-corrected chi connectivity index (χ3v) is 5.55. The van der Waals surface area contributed by atoms with Crippen LogP contribution in [0.15, 0.2) is 42.5 Å². The van der Waals surface area contributed by atoms with Crippen LogP contribution in [0.3, 0.4) is 0 Å². The molecule has 3 N–H and O–H groups in total. The fourth-order valence-electron chi connectivity index (χ4n) is 3.80. The van der Waals surface area contributed by atoms with Gasteiger partial charge in [-0.1, -0.05) is 0 Å². The van der Waals surface area contributed by atoms with E-state index in [0.717, 1.165) is 31.2 Å². The zero-order valence-electron chi connectivity index (χ0n) is 20.3. The quantitative estimate of drug-likeness (QED) is 0.390. The molecule has 2 aromatic rings. The summed E-state index contributed by atoms with van der Waals surface area (Å²) in [6.07, 6.45) is -7.30. The molecule has 39 heavy (non-hydrogen) atoms. The number of nitrogens with two attached hydrogens (primary N) is 1. The van der Waals surface area contributed by atoms with E-state index in [1.165, 1.54) is 0 Å². The third kappa shape index (κ3) is 7.06. The highest BCUT2D eigenvalue weighted by atomic mass is 19.4. The van der Waals surface area contributed by atoms with Crippen LogP contribution in [0.2, 0.25) is 0 Å². The van der Waals surface area contributed by atoms with Crippen LogP contribution in [0.5, 0.6) is 5.75 Å². The smallest absolute Gasteiger partial charge is 0.417 e. The summed E-state index contributed by atoms with van der Waals surface area (Å²) in [7, 11) is 0. The number of carbonyl (C=O) groups is 3. The van der Waals surface area contributed by atoms with Crippen molar-refractivity contribution in [2.45, 2.75) is 31.6 Å². The summed E-state index contributed by atoms with van der Waals surface area (Å²) in [6, 6.07) is 4.60. The standard InChI is InChI=1S/C25H22F7N3O4/c1-13(26)12-39-15-3-4-16(19(9-15)25(30,31)32)23(38)35-7-6-24(28,29)18(10-22(37)34-11-21(33)36)17-8-14(27)2-5-20(17)35/h2-5,8-10,13H,6-7,11-12H2,1H3,(H2,33,36)(H,34,37)/b18-10-/t13-/m1/s1. The Kier molecular flexibility index (Phi) is 8.56. The molecule has 0 saturated heterocycles. The van der Waals surface area contributed by atoms with Gasteiger partial charge in [-0.2, -0.15) is 13.2 Å². The lowest BCUT2D eigenvalue weighted by Crippen LogP contribution is -2.34. The number of fused-ring (bicyclic) bond motifs is 1. The van der Waals surface area contributed by atoms with Gasteiger partial charge in [-0.25, -0.2) is 17.6 Å². The molecule has 1 atom stereocenters. The maximum Gasteiger partial charge on any atom is 0.417 e. The fourth-order valence-corrected chi connectivity index (χ4v) is 3.80. The molecule has 0 bridgehead atoms. The summed E-state index contributed by atoms with van der Waals surface area (Å²) in [4.78, 5) is 37.1. The Balaban J connectivity index is 2.11. The second kappa shape index (κ2) is 11.3. The van der Waals surface area contributed by atoms with Gasteiger partial charge in [0.1, 0.15) is 24.3 Å². The van der Waals surface area contributed by atoms with Crippen molar-refractivity contribution < 1.29 is 49.9 Å². The fraction of sp³-hybridized carbons (Fsp3) is 0.320. The van der Waals surface area contributed by atoms with E-state index >= 15 is 8.78 Å². The molecule has 3 rings (SSSR count). The summed E-state index contributed by atoms with van der Waals surface area (Å²) < 4.78 is 104. The number of alkyl halides is 6. The van der Waals surface area contributed by atoms with Crippen LogP contribution in [0, 0.1) is 5.82 Å². The number of amides is 3. The van der Waals surface area contributed by atoms with Crippen molar-refractivity contribution >= 4 is 29.0 Å². The third-order valence-electron chi connectivity index (χ3n) is 5.55. The lowest BCUT2D eigenvalue weighted by atomic mass is 9.96. The van der Waals surface area contributed by atoms with E-state index in [2.05, 4.69) is 0 Å². The second-order valence-corrected chi connectivity index (χ2v) is 8.61. The largest absolute Gasteiger partial charge is 0.491 e. The number of rotatable bonds is 7. The van der Waals surface area contributed by atoms with Crippen molar-refractivity contribution in [2.24, 2.45) is 5.73 Å². The molecule has 1 aliphatic rings. The Hall–Kier alpha value is -4.10. The molecular formula is C25H22F7N3O4. The molecule has 14 heteroatoms. The van der Waals surface area contributed by atoms with Crippen LogP contribution in [0.1, 0.15) is 34.8 Å². The lowest BCUT2D eigenvalue weighted by molar-refractivity contribution is -0.138. The average molecular weight is 561 g/mol. The molecule has 0 aromatic heterocycles. The van der Waals surface area contributed by atoms with Crippen LogP contribution in [0.4, 0.5) is 36.4 Å². The van der Waals surface area contributed by atoms with Crippen molar-refractivity contribution in [1.82, 2.24) is 5.32 Å². The Morgan fingerprint density at radius 3 is 2.49 bits per heavy atom. The predicted octanol–water partition coefficient (Wildman–Crippen LogP) is 4.25. The molecule has 7 nitrogen and oxygen atoms in total. The van der Waals surface area contributed by atoms with E-state index in [1.807, 2.05) is 5.32 Å². The molecule has 210 valence electrons. The van der Waals surface area contributed by atoms with Gasteiger partial charge in [0, 0.05) is 30.2 Å². The number of hydrogen-bond donors (Lipinski definition) is 2. The molecule has 0 aliphatic carbocycles. The molecule has 3 amide bonds. The zero-order valence-corrected chi connectivity index (χ0v) is 20.3. The first-order valence-corrected chi connectivity index (χ1v) is 11.4. The van der Waals surface area contributed by atoms with Crippen LogP contribution in [0.25, 0.3) is 5.57 Å². The number of allylic oxidation sites excluding steroid dienone is 1. The first-order chi connectivity index (χ1) is 18.1. The van der Waals surface area contributed by atoms with Gasteiger partial charge >= 0.3 is 6.18 Å². The highest BCUT2D eigenvalue weighted by Crippen LogP contribution is 2.44. The highest BCUT2D eigenvalue weighted by Gasteiger charge is 2.43. The van der Waals surface area contributed by atoms with Crippen molar-refractivity contribution in [3.8, 4) is 5.75 Å². The van der Waals surface area contributed by atoms with Crippen LogP contribution < -0.4 is 20.7 Å². The van der Waals surface area contributed by atoms with E-state index in [9.17, 15) is 36.3 Å². The molecule has 0 spiro atoms. The van der Waals surface area contributed by atoms with Crippen molar-refractivity contribution in [1.29, 1.82) is 0 Å². The molecule has 0 radical (unpaired) electrons. The topological polar surface area (TPSA) is 102 Å². The zero-order chi connectivity index (χ0) is 29.1. The summed E-state index contributed by atoms with van der Waals surface area (Å²) in [5, 5.41) is 1.98. The van der Waals surface area contributed by atoms with Gasteiger partial charge in [0.05, 0.1) is 23.4 Å². The Morgan fingerprint density at radius 1 is 1.18 bits per heavy atom. The lowest BCUT2D eigenvalue weighted by Gasteiger charge is -2.25. The van der Waals surface area contributed by atoms with E-state index in [0.29, 0.717) is 23.1 Å². The van der Waals surface area contributed by atoms with Gasteiger partial charge in [0.15, 0.2) is 0 Å². The maximum absolute atomic E-state index is 15.2. The van der Waals surface area contributed by atoms with Gasteiger partial charge in [-0.15, -0.1) is 0 Å². The van der Waals surface area contributed by atoms with E-state index in [-0.39, 0.29) is 11.4 Å². The van der Waals surface area contributed by atoms with Crippen molar-refractivity contribution in [2.75, 3.05) is 24.6 Å². The number of carbonyl (C=O) groups excluding carboxylic acids is 3. The van der Waals surface area contributed by atoms with E-state index in [4.69, 9.17) is 10.5 Å². The first-order valence-electron chi connectivity index (χ1n) is 11.4. The number of benzene rings is 2. The number of nitrogens with one attached hydrogen (secondary N) is 1. The van der Waals surface area contributed by atoms with Gasteiger partial charge in [-0.3, -0.25) is 14.4 Å². The SMILES string of the molecule is C[C@@H](F)COc1ccc(C(=O)N2CCC(F)(F)/C(=C\C(=O)NCC(N)=O)c3cc(F)ccc32)c(C(F)(F)F)c1. The minimum atomic E-state index is -5.09. The summed E-state index contributed by atoms with van der Waals surface area (Å²) in [6.45, 7) is -0.909. The number of halogens is 7. The average Bonchev–Trinajstić information content (AvgIpc) is 2.94. The molecule has 0 saturated carbocycles. The normalized spacial score (nSPS) is 16.7. The van der Waals surface area contributed by atoms with Gasteiger partial charge in [0.25, 0.3) is 11.8 Å². The molecule has 1 aliphatic heterocycles. The molecular weight excluding hydrogens is 539 g/mol. The van der Waals surface area contributed by atoms with Gasteiger partial charge in [0.2, 0.25) is 11.8 Å². The Labute approximate surface area is 217 Å². The van der Waals surface area contributed by atoms with Crippen molar-refractivity contribution in [3.05, 3.63) is 65.0 Å². The molecule has 0 fully saturated rings. The van der Waals surface area contributed by atoms with Gasteiger partial charge < -0.3 is 20.7 Å². The number of nitrogens with zero attached hydrogens (tertiary/aromatic N) is 1.